The van der Waals surface area contributed by atoms with Gasteiger partial charge in [0.1, 0.15) is 6.10 Å². The normalized spacial score (nSPS) is 17.1. The first kappa shape index (κ1) is 18.5. The molecule has 25 heavy (non-hydrogen) atoms. The molecule has 2 rings (SSSR count). The van der Waals surface area contributed by atoms with Crippen molar-refractivity contribution in [2.45, 2.75) is 45.6 Å². The van der Waals surface area contributed by atoms with Crippen molar-refractivity contribution in [1.82, 2.24) is 0 Å². The number of hydrogen-bond acceptors (Lipinski definition) is 3. The molecule has 0 amide bonds. The molecule has 130 valence electrons. The molecule has 1 N–H and O–H groups in total. The van der Waals surface area contributed by atoms with Crippen molar-refractivity contribution < 1.29 is 19.4 Å². The fourth-order valence-electron chi connectivity index (χ4n) is 2.69. The van der Waals surface area contributed by atoms with Crippen LogP contribution < -0.4 is 0 Å². The summed E-state index contributed by atoms with van der Waals surface area (Å²) in [5.41, 5.74) is 3.25. The van der Waals surface area contributed by atoms with E-state index in [1.165, 1.54) is 17.7 Å². The Kier molecular flexibility index (Phi) is 6.59. The van der Waals surface area contributed by atoms with E-state index in [0.29, 0.717) is 6.42 Å². The molecule has 0 radical (unpaired) electrons. The van der Waals surface area contributed by atoms with Gasteiger partial charge < -0.3 is 9.84 Å². The molecule has 4 heteroatoms. The number of esters is 1. The Hall–Kier alpha value is -2.80. The summed E-state index contributed by atoms with van der Waals surface area (Å²) in [5, 5.41) is 8.88. The van der Waals surface area contributed by atoms with Gasteiger partial charge in [0, 0.05) is 12.0 Å². The van der Waals surface area contributed by atoms with E-state index in [9.17, 15) is 9.59 Å². The first-order chi connectivity index (χ1) is 12.0. The minimum atomic E-state index is -0.952. The van der Waals surface area contributed by atoms with Crippen LogP contribution in [0.3, 0.4) is 0 Å². The summed E-state index contributed by atoms with van der Waals surface area (Å²) in [7, 11) is 0. The van der Waals surface area contributed by atoms with Gasteiger partial charge in [0.05, 0.1) is 5.56 Å². The standard InChI is InChI=1S/C21H22O4/c1-3-20(22)25-19-10-6-7-15(2)18(19)9-5-4-8-16-11-13-17(14-12-16)21(23)24/h5,9,11-14,19H,3,6-7,10H2,1-2H3,(H,23,24). The van der Waals surface area contributed by atoms with Gasteiger partial charge in [0.25, 0.3) is 0 Å². The third kappa shape index (κ3) is 5.36. The highest BCUT2D eigenvalue weighted by molar-refractivity contribution is 5.87. The molecule has 0 fully saturated rings. The van der Waals surface area contributed by atoms with Crippen molar-refractivity contribution in [2.24, 2.45) is 0 Å². The van der Waals surface area contributed by atoms with E-state index in [0.717, 1.165) is 30.4 Å². The fraction of sp³-hybridized carbons (Fsp3) is 0.333. The lowest BCUT2D eigenvalue weighted by Gasteiger charge is -2.25. The third-order valence-electron chi connectivity index (χ3n) is 4.11. The van der Waals surface area contributed by atoms with Crippen molar-refractivity contribution in [2.75, 3.05) is 0 Å². The zero-order valence-electron chi connectivity index (χ0n) is 14.5. The van der Waals surface area contributed by atoms with Crippen LogP contribution >= 0.6 is 0 Å². The highest BCUT2D eigenvalue weighted by Gasteiger charge is 2.22. The summed E-state index contributed by atoms with van der Waals surface area (Å²) >= 11 is 0. The fourth-order valence-corrected chi connectivity index (χ4v) is 2.69. The Morgan fingerprint density at radius 3 is 2.68 bits per heavy atom. The summed E-state index contributed by atoms with van der Waals surface area (Å²) < 4.78 is 5.52. The molecule has 1 aliphatic rings. The molecule has 0 bridgehead atoms. The average Bonchev–Trinajstić information content (AvgIpc) is 2.60. The second-order valence-electron chi connectivity index (χ2n) is 5.95. The van der Waals surface area contributed by atoms with Crippen molar-refractivity contribution in [3.63, 3.8) is 0 Å². The summed E-state index contributed by atoms with van der Waals surface area (Å²) in [5.74, 6) is 4.79. The monoisotopic (exact) mass is 338 g/mol. The van der Waals surface area contributed by atoms with Crippen LogP contribution in [0.4, 0.5) is 0 Å². The first-order valence-electron chi connectivity index (χ1n) is 8.41. The van der Waals surface area contributed by atoms with Crippen molar-refractivity contribution in [3.8, 4) is 11.8 Å². The minimum absolute atomic E-state index is 0.185. The predicted molar refractivity (Wildman–Crippen MR) is 96.1 cm³/mol. The molecule has 1 atom stereocenters. The van der Waals surface area contributed by atoms with Crippen LogP contribution in [-0.4, -0.2) is 23.1 Å². The van der Waals surface area contributed by atoms with Gasteiger partial charge in [0.15, 0.2) is 0 Å². The largest absolute Gasteiger partial charge is 0.478 e. The first-order valence-corrected chi connectivity index (χ1v) is 8.41. The van der Waals surface area contributed by atoms with Gasteiger partial charge in [-0.05, 0) is 68.2 Å². The maximum atomic E-state index is 11.6. The molecule has 0 aromatic heterocycles. The number of benzene rings is 1. The van der Waals surface area contributed by atoms with Gasteiger partial charge in [0.2, 0.25) is 0 Å². The molecule has 4 nitrogen and oxygen atoms in total. The summed E-state index contributed by atoms with van der Waals surface area (Å²) in [6.45, 7) is 3.85. The molecular formula is C21H22O4. The predicted octanol–water partition coefficient (Wildman–Crippen LogP) is 4.11. The zero-order valence-corrected chi connectivity index (χ0v) is 14.5. The number of rotatable bonds is 4. The van der Waals surface area contributed by atoms with E-state index < -0.39 is 5.97 Å². The maximum Gasteiger partial charge on any atom is 0.335 e. The Bertz CT molecular complexity index is 757. The molecule has 1 aliphatic carbocycles. The highest BCUT2D eigenvalue weighted by Crippen LogP contribution is 2.28. The smallest absolute Gasteiger partial charge is 0.335 e. The van der Waals surface area contributed by atoms with Crippen LogP contribution in [0.25, 0.3) is 0 Å². The number of carboxylic acids is 1. The van der Waals surface area contributed by atoms with E-state index >= 15 is 0 Å². The van der Waals surface area contributed by atoms with Gasteiger partial charge >= 0.3 is 11.9 Å². The molecular weight excluding hydrogens is 316 g/mol. The molecule has 0 saturated carbocycles. The third-order valence-corrected chi connectivity index (χ3v) is 4.11. The Labute approximate surface area is 148 Å². The van der Waals surface area contributed by atoms with Crippen molar-refractivity contribution in [3.05, 3.63) is 58.7 Å². The molecule has 1 aromatic rings. The van der Waals surface area contributed by atoms with Crippen LogP contribution in [-0.2, 0) is 9.53 Å². The lowest BCUT2D eigenvalue weighted by molar-refractivity contribution is -0.147. The second kappa shape index (κ2) is 8.89. The lowest BCUT2D eigenvalue weighted by Crippen LogP contribution is -2.23. The number of ether oxygens (including phenoxy) is 1. The van der Waals surface area contributed by atoms with Crippen molar-refractivity contribution >= 4 is 11.9 Å². The maximum absolute atomic E-state index is 11.6. The molecule has 0 heterocycles. The summed E-state index contributed by atoms with van der Waals surface area (Å²) in [4.78, 5) is 22.4. The summed E-state index contributed by atoms with van der Waals surface area (Å²) in [6.07, 6.45) is 6.72. The number of allylic oxidation sites excluding steroid dienone is 2. The van der Waals surface area contributed by atoms with Gasteiger partial charge in [-0.2, -0.15) is 0 Å². The molecule has 0 aliphatic heterocycles. The van der Waals surface area contributed by atoms with E-state index in [1.54, 1.807) is 25.1 Å². The van der Waals surface area contributed by atoms with Gasteiger partial charge in [-0.15, -0.1) is 0 Å². The zero-order chi connectivity index (χ0) is 18.2. The van der Waals surface area contributed by atoms with Gasteiger partial charge in [-0.1, -0.05) is 24.3 Å². The van der Waals surface area contributed by atoms with E-state index in [-0.39, 0.29) is 17.6 Å². The lowest BCUT2D eigenvalue weighted by atomic mass is 9.90. The number of carbonyl (C=O) groups excluding carboxylic acids is 1. The molecule has 0 saturated heterocycles. The van der Waals surface area contributed by atoms with E-state index in [4.69, 9.17) is 9.84 Å². The number of carboxylic acid groups (broad SMARTS) is 1. The quantitative estimate of drug-likeness (QED) is 0.663. The average molecular weight is 338 g/mol. The van der Waals surface area contributed by atoms with Crippen LogP contribution in [0.15, 0.2) is 47.6 Å². The number of carbonyl (C=O) groups is 2. The molecule has 1 unspecified atom stereocenters. The highest BCUT2D eigenvalue weighted by atomic mass is 16.5. The molecule has 1 aromatic carbocycles. The Morgan fingerprint density at radius 2 is 2.04 bits per heavy atom. The van der Waals surface area contributed by atoms with Crippen LogP contribution in [0.5, 0.6) is 0 Å². The van der Waals surface area contributed by atoms with Crippen LogP contribution in [0.1, 0.15) is 55.5 Å². The SMILES string of the molecule is CCC(=O)OC1CCCC(C)=C1C=CC#Cc1ccc(C(=O)O)cc1. The summed E-state index contributed by atoms with van der Waals surface area (Å²) in [6, 6.07) is 6.43. The Balaban J connectivity index is 2.08. The van der Waals surface area contributed by atoms with E-state index in [1.807, 2.05) is 6.08 Å². The topological polar surface area (TPSA) is 63.6 Å². The van der Waals surface area contributed by atoms with Crippen LogP contribution in [0, 0.1) is 11.8 Å². The minimum Gasteiger partial charge on any atom is -0.478 e. The second-order valence-corrected chi connectivity index (χ2v) is 5.95. The Morgan fingerprint density at radius 1 is 1.32 bits per heavy atom. The van der Waals surface area contributed by atoms with E-state index in [2.05, 4.69) is 18.8 Å². The van der Waals surface area contributed by atoms with Crippen LogP contribution in [0.2, 0.25) is 0 Å². The van der Waals surface area contributed by atoms with Gasteiger partial charge in [-0.25, -0.2) is 4.79 Å². The molecule has 0 spiro atoms. The van der Waals surface area contributed by atoms with Gasteiger partial charge in [-0.3, -0.25) is 4.79 Å². The van der Waals surface area contributed by atoms with Crippen molar-refractivity contribution in [1.29, 1.82) is 0 Å². The number of aromatic carboxylic acids is 1. The number of hydrogen-bond donors (Lipinski definition) is 1.